The first-order chi connectivity index (χ1) is 18.7. The molecule has 0 saturated carbocycles. The van der Waals surface area contributed by atoms with Crippen molar-refractivity contribution in [2.45, 2.75) is 98.4 Å². The van der Waals surface area contributed by atoms with Crippen molar-refractivity contribution in [2.24, 2.45) is 0 Å². The summed E-state index contributed by atoms with van der Waals surface area (Å²) in [6.07, 6.45) is -24.4. The van der Waals surface area contributed by atoms with Crippen LogP contribution in [0.4, 0.5) is 0 Å². The minimum absolute atomic E-state index is 0. The molecule has 0 aromatic heterocycles. The third-order valence-electron chi connectivity index (χ3n) is 6.86. The van der Waals surface area contributed by atoms with E-state index in [0.29, 0.717) is 0 Å². The van der Waals surface area contributed by atoms with Crippen LogP contribution in [-0.4, -0.2) is 179 Å². The maximum absolute atomic E-state index is 10.9. The van der Waals surface area contributed by atoms with Crippen LogP contribution in [0.2, 0.25) is 0 Å². The van der Waals surface area contributed by atoms with Crippen LogP contribution in [0.5, 0.6) is 0 Å². The molecule has 3 aliphatic rings. The zero-order chi connectivity index (χ0) is 29.9. The minimum atomic E-state index is -4.92. The van der Waals surface area contributed by atoms with Gasteiger partial charge in [0.1, 0.15) is 73.2 Å². The summed E-state index contributed by atoms with van der Waals surface area (Å²) in [5, 5.41) is 101. The molecule has 0 spiro atoms. The number of phosphoric ester groups is 1. The molecule has 3 saturated heterocycles. The van der Waals surface area contributed by atoms with E-state index >= 15 is 0 Å². The van der Waals surface area contributed by atoms with Crippen molar-refractivity contribution in [3.05, 3.63) is 0 Å². The van der Waals surface area contributed by atoms with Gasteiger partial charge in [0.15, 0.2) is 12.6 Å². The van der Waals surface area contributed by atoms with Crippen LogP contribution in [0, 0.1) is 0 Å². The molecule has 3 aliphatic heterocycles. The number of rotatable bonds is 11. The number of hydrogen-bond donors (Lipinski definition) is 12. The van der Waals surface area contributed by atoms with Crippen molar-refractivity contribution >= 4 is 7.82 Å². The van der Waals surface area contributed by atoms with Gasteiger partial charge in [-0.15, -0.1) is 0 Å². The van der Waals surface area contributed by atoms with Gasteiger partial charge < -0.3 is 86.0 Å². The predicted molar refractivity (Wildman–Crippen MR) is 123 cm³/mol. The molecule has 0 amide bonds. The number of ether oxygens (including phenoxy) is 5. The Morgan fingerprint density at radius 1 is 0.634 bits per heavy atom. The van der Waals surface area contributed by atoms with Crippen LogP contribution < -0.4 is 29.6 Å². The van der Waals surface area contributed by atoms with E-state index in [9.17, 15) is 55.6 Å². The van der Waals surface area contributed by atoms with E-state index in [1.165, 1.54) is 0 Å². The Balaban J connectivity index is 0.00000441. The van der Waals surface area contributed by atoms with Crippen molar-refractivity contribution in [3.8, 4) is 0 Å². The summed E-state index contributed by atoms with van der Waals surface area (Å²) in [6.45, 7) is -2.70. The van der Waals surface area contributed by atoms with Crippen molar-refractivity contribution in [2.75, 3.05) is 26.4 Å². The van der Waals surface area contributed by atoms with E-state index < -0.39 is 120 Å². The van der Waals surface area contributed by atoms with Crippen LogP contribution in [-0.2, 0) is 32.8 Å². The Morgan fingerprint density at radius 2 is 1.15 bits per heavy atom. The van der Waals surface area contributed by atoms with E-state index in [1.807, 2.05) is 0 Å². The van der Waals surface area contributed by atoms with Crippen molar-refractivity contribution < 1.29 is 125 Å². The maximum Gasteiger partial charge on any atom is 1.00 e. The molecule has 238 valence electrons. The molecule has 12 N–H and O–H groups in total. The molecule has 21 heteroatoms. The van der Waals surface area contributed by atoms with Gasteiger partial charge in [0, 0.05) is 0 Å². The van der Waals surface area contributed by atoms with Gasteiger partial charge in [0.25, 0.3) is 0 Å². The smallest absolute Gasteiger partial charge is 1.00 e. The molecular weight excluding hydrogens is 598 g/mol. The standard InChI is InChI=1S/C20H37O19P.Na.H/c21-3-7-11(24)14(27)16(29)20(37-7)39-18-8(4-22)38-19(17(30)15(18)28)34-2-1-6-10(23)13(26)12(25)9(36-6)5-35-40(31,32)33;;/h6-30H,1-5H2,(H2,31,32,33);;/q;+1;-1. The summed E-state index contributed by atoms with van der Waals surface area (Å²) in [5.74, 6) is 0. The molecule has 15 atom stereocenters. The molecule has 0 aliphatic carbocycles. The first-order valence-electron chi connectivity index (χ1n) is 12.3. The average Bonchev–Trinajstić information content (AvgIpc) is 2.91. The summed E-state index contributed by atoms with van der Waals surface area (Å²) in [4.78, 5) is 17.7. The normalized spacial score (nSPS) is 45.7. The third kappa shape index (κ3) is 9.27. The molecule has 19 nitrogen and oxygen atoms in total. The molecule has 0 aromatic carbocycles. The predicted octanol–water partition coefficient (Wildman–Crippen LogP) is -9.91. The van der Waals surface area contributed by atoms with Crippen molar-refractivity contribution in [1.82, 2.24) is 0 Å². The van der Waals surface area contributed by atoms with E-state index in [2.05, 4.69) is 4.52 Å². The Bertz CT molecular complexity index is 841. The van der Waals surface area contributed by atoms with Gasteiger partial charge >= 0.3 is 37.4 Å². The Morgan fingerprint density at radius 3 is 1.73 bits per heavy atom. The molecule has 0 bridgehead atoms. The fourth-order valence-electron chi connectivity index (χ4n) is 4.57. The monoisotopic (exact) mass is 636 g/mol. The molecule has 3 fully saturated rings. The first kappa shape index (κ1) is 37.7. The van der Waals surface area contributed by atoms with Crippen LogP contribution >= 0.6 is 7.82 Å². The van der Waals surface area contributed by atoms with Gasteiger partial charge in [0.2, 0.25) is 0 Å². The van der Waals surface area contributed by atoms with Crippen LogP contribution in [0.1, 0.15) is 7.85 Å². The topological polar surface area (TPSA) is 315 Å². The van der Waals surface area contributed by atoms with Crippen molar-refractivity contribution in [3.63, 3.8) is 0 Å². The second-order valence-electron chi connectivity index (χ2n) is 9.64. The summed E-state index contributed by atoms with van der Waals surface area (Å²) in [7, 11) is -4.92. The Kier molecular flexibility index (Phi) is 14.9. The van der Waals surface area contributed by atoms with Gasteiger partial charge in [-0.25, -0.2) is 4.57 Å². The van der Waals surface area contributed by atoms with E-state index in [-0.39, 0.29) is 44.0 Å². The van der Waals surface area contributed by atoms with Gasteiger partial charge in [-0.2, -0.15) is 0 Å². The van der Waals surface area contributed by atoms with Crippen molar-refractivity contribution in [1.29, 1.82) is 0 Å². The fourth-order valence-corrected chi connectivity index (χ4v) is 4.91. The summed E-state index contributed by atoms with van der Waals surface area (Å²) < 4.78 is 42.1. The van der Waals surface area contributed by atoms with Gasteiger partial charge in [-0.05, 0) is 6.42 Å². The Hall–Kier alpha value is 0.510. The zero-order valence-corrected chi connectivity index (χ0v) is 24.8. The number of phosphoric acid groups is 1. The number of aliphatic hydroxyl groups is 10. The largest absolute Gasteiger partial charge is 1.00 e. The van der Waals surface area contributed by atoms with Gasteiger partial charge in [-0.3, -0.25) is 4.52 Å². The SMILES string of the molecule is O=P(O)(O)OCC1OC(CCOC2OC(CO)C(OC3OC(CO)C(O)C(O)C3O)C(O)C2O)C(O)C(O)C1O.[H-].[Na+]. The van der Waals surface area contributed by atoms with Gasteiger partial charge in [0.05, 0.1) is 32.5 Å². The Labute approximate surface area is 256 Å². The first-order valence-corrected chi connectivity index (χ1v) is 13.8. The minimum Gasteiger partial charge on any atom is -1.00 e. The van der Waals surface area contributed by atoms with Crippen LogP contribution in [0.3, 0.4) is 0 Å². The number of hydrogen-bond acceptors (Lipinski definition) is 17. The summed E-state index contributed by atoms with van der Waals surface area (Å²) in [5.41, 5.74) is 0. The average molecular weight is 636 g/mol. The maximum atomic E-state index is 10.9. The quantitative estimate of drug-likeness (QED) is 0.0740. The summed E-state index contributed by atoms with van der Waals surface area (Å²) >= 11 is 0. The zero-order valence-electron chi connectivity index (χ0n) is 22.9. The van der Waals surface area contributed by atoms with E-state index in [1.54, 1.807) is 0 Å². The number of aliphatic hydroxyl groups excluding tert-OH is 10. The second kappa shape index (κ2) is 16.2. The molecule has 0 radical (unpaired) electrons. The molecular formula is C20H38NaO19P. The molecule has 41 heavy (non-hydrogen) atoms. The molecule has 3 rings (SSSR count). The van der Waals surface area contributed by atoms with Gasteiger partial charge in [-0.1, -0.05) is 0 Å². The van der Waals surface area contributed by atoms with Crippen LogP contribution in [0.25, 0.3) is 0 Å². The molecule has 3 heterocycles. The molecule has 0 aromatic rings. The van der Waals surface area contributed by atoms with E-state index in [0.717, 1.165) is 0 Å². The third-order valence-corrected chi connectivity index (χ3v) is 7.35. The fraction of sp³-hybridized carbons (Fsp3) is 1.00. The molecule has 15 unspecified atom stereocenters. The summed E-state index contributed by atoms with van der Waals surface area (Å²) in [6, 6.07) is 0. The van der Waals surface area contributed by atoms with Crippen LogP contribution in [0.15, 0.2) is 0 Å². The second-order valence-corrected chi connectivity index (χ2v) is 10.9. The van der Waals surface area contributed by atoms with E-state index in [4.69, 9.17) is 33.5 Å².